The Bertz CT molecular complexity index is 850. The number of methoxy groups -OCH3 is 1. The van der Waals surface area contributed by atoms with E-state index in [-0.39, 0.29) is 17.9 Å². The van der Waals surface area contributed by atoms with Gasteiger partial charge in [-0.15, -0.1) is 0 Å². The molecule has 4 bridgehead atoms. The third-order valence-electron chi connectivity index (χ3n) is 8.43. The zero-order chi connectivity index (χ0) is 22.3. The summed E-state index contributed by atoms with van der Waals surface area (Å²) in [6.07, 6.45) is 8.24. The Morgan fingerprint density at radius 3 is 2.56 bits per heavy atom. The fraction of sp³-hybridized carbons (Fsp3) is 0.720. The summed E-state index contributed by atoms with van der Waals surface area (Å²) in [4.78, 5) is 31.4. The Labute approximate surface area is 189 Å². The maximum atomic E-state index is 13.1. The van der Waals surface area contributed by atoms with E-state index >= 15 is 0 Å². The summed E-state index contributed by atoms with van der Waals surface area (Å²) in [6.45, 7) is 1.77. The molecule has 2 N–H and O–H groups in total. The van der Waals surface area contributed by atoms with Gasteiger partial charge in [-0.1, -0.05) is 6.07 Å². The zero-order valence-electron chi connectivity index (χ0n) is 19.0. The molecule has 174 valence electrons. The zero-order valence-corrected chi connectivity index (χ0v) is 19.0. The topological polar surface area (TPSA) is 91.8 Å². The van der Waals surface area contributed by atoms with Crippen LogP contribution in [0.5, 0.6) is 0 Å². The summed E-state index contributed by atoms with van der Waals surface area (Å²) in [5, 5.41) is 14.1. The molecule has 1 aliphatic heterocycles. The number of carbonyl (C=O) groups excluding carboxylic acids is 2. The molecule has 2 heterocycles. The number of amides is 1. The highest BCUT2D eigenvalue weighted by molar-refractivity contribution is 5.93. The van der Waals surface area contributed by atoms with E-state index in [0.717, 1.165) is 70.3 Å². The fourth-order valence-electron chi connectivity index (χ4n) is 7.04. The second kappa shape index (κ2) is 8.65. The van der Waals surface area contributed by atoms with Gasteiger partial charge >= 0.3 is 5.97 Å². The monoisotopic (exact) mass is 441 g/mol. The first-order chi connectivity index (χ1) is 15.4. The lowest BCUT2D eigenvalue weighted by Gasteiger charge is -2.58. The van der Waals surface area contributed by atoms with Crippen LogP contribution in [-0.2, 0) is 9.53 Å². The summed E-state index contributed by atoms with van der Waals surface area (Å²) in [5.74, 6) is 2.56. The molecular weight excluding hydrogens is 406 g/mol. The first-order valence-corrected chi connectivity index (χ1v) is 12.2. The largest absolute Gasteiger partial charge is 0.469 e. The van der Waals surface area contributed by atoms with Gasteiger partial charge in [-0.2, -0.15) is 0 Å². The number of carbonyl (C=O) groups is 2. The second-order valence-corrected chi connectivity index (χ2v) is 10.6. The Balaban J connectivity index is 1.18. The molecule has 2 unspecified atom stereocenters. The van der Waals surface area contributed by atoms with Crippen LogP contribution in [0.25, 0.3) is 0 Å². The number of esters is 1. The first kappa shape index (κ1) is 21.7. The van der Waals surface area contributed by atoms with E-state index in [4.69, 9.17) is 9.72 Å². The van der Waals surface area contributed by atoms with E-state index in [0.29, 0.717) is 35.8 Å². The Morgan fingerprint density at radius 1 is 1.19 bits per heavy atom. The quantitative estimate of drug-likeness (QED) is 0.660. The van der Waals surface area contributed by atoms with Crippen LogP contribution >= 0.6 is 0 Å². The smallest absolute Gasteiger partial charge is 0.305 e. The van der Waals surface area contributed by atoms with Crippen LogP contribution in [0.15, 0.2) is 18.2 Å². The third kappa shape index (κ3) is 4.36. The van der Waals surface area contributed by atoms with E-state index in [1.807, 2.05) is 12.1 Å². The summed E-state index contributed by atoms with van der Waals surface area (Å²) < 4.78 is 4.75. The first-order valence-electron chi connectivity index (χ1n) is 12.2. The van der Waals surface area contributed by atoms with Gasteiger partial charge in [0.2, 0.25) is 0 Å². The number of rotatable bonds is 6. The average molecular weight is 442 g/mol. The van der Waals surface area contributed by atoms with Gasteiger partial charge in [-0.3, -0.25) is 9.59 Å². The van der Waals surface area contributed by atoms with Gasteiger partial charge in [-0.05, 0) is 87.2 Å². The van der Waals surface area contributed by atoms with E-state index < -0.39 is 5.60 Å². The summed E-state index contributed by atoms with van der Waals surface area (Å²) in [7, 11) is 1.44. The Hall–Kier alpha value is -2.15. The van der Waals surface area contributed by atoms with Gasteiger partial charge in [0.05, 0.1) is 12.7 Å². The van der Waals surface area contributed by atoms with Crippen molar-refractivity contribution in [1.82, 2.24) is 10.3 Å². The molecule has 1 saturated heterocycles. The molecule has 2 atom stereocenters. The van der Waals surface area contributed by atoms with Gasteiger partial charge in [0.15, 0.2) is 0 Å². The molecule has 5 aliphatic rings. The Kier molecular flexibility index (Phi) is 5.86. The predicted octanol–water partition coefficient (Wildman–Crippen LogP) is 2.92. The number of piperidine rings is 1. The van der Waals surface area contributed by atoms with Crippen molar-refractivity contribution in [3.8, 4) is 0 Å². The molecule has 4 aliphatic carbocycles. The summed E-state index contributed by atoms with van der Waals surface area (Å²) >= 11 is 0. The molecule has 4 saturated carbocycles. The Morgan fingerprint density at radius 2 is 1.91 bits per heavy atom. The lowest BCUT2D eigenvalue weighted by atomic mass is 9.52. The molecule has 6 rings (SSSR count). The number of anilines is 1. The van der Waals surface area contributed by atoms with Crippen molar-refractivity contribution in [1.29, 1.82) is 0 Å². The minimum Gasteiger partial charge on any atom is -0.469 e. The van der Waals surface area contributed by atoms with Gasteiger partial charge in [0.1, 0.15) is 11.5 Å². The summed E-state index contributed by atoms with van der Waals surface area (Å²) in [5.41, 5.74) is -0.0124. The number of aliphatic hydroxyl groups is 1. The highest BCUT2D eigenvalue weighted by Gasteiger charge is 2.55. The minimum absolute atomic E-state index is 0.0933. The molecule has 0 aromatic carbocycles. The fourth-order valence-corrected chi connectivity index (χ4v) is 7.04. The number of hydrogen-bond acceptors (Lipinski definition) is 6. The van der Waals surface area contributed by atoms with E-state index in [1.165, 1.54) is 7.11 Å². The van der Waals surface area contributed by atoms with Crippen molar-refractivity contribution >= 4 is 17.7 Å². The van der Waals surface area contributed by atoms with Crippen LogP contribution in [0, 0.1) is 23.7 Å². The maximum Gasteiger partial charge on any atom is 0.305 e. The van der Waals surface area contributed by atoms with Gasteiger partial charge in [0.25, 0.3) is 5.91 Å². The number of hydrogen-bond donors (Lipinski definition) is 2. The highest BCUT2D eigenvalue weighted by Crippen LogP contribution is 2.55. The molecule has 1 aromatic rings. The number of ether oxygens (including phenoxy) is 1. The van der Waals surface area contributed by atoms with E-state index in [1.54, 1.807) is 6.07 Å². The number of nitrogens with one attached hydrogen (secondary N) is 1. The van der Waals surface area contributed by atoms with Crippen molar-refractivity contribution in [2.24, 2.45) is 23.7 Å². The van der Waals surface area contributed by atoms with Crippen molar-refractivity contribution in [2.45, 2.75) is 69.4 Å². The van der Waals surface area contributed by atoms with Gasteiger partial charge < -0.3 is 20.1 Å². The van der Waals surface area contributed by atoms with Gasteiger partial charge in [0, 0.05) is 25.6 Å². The van der Waals surface area contributed by atoms with E-state index in [9.17, 15) is 14.7 Å². The molecule has 5 fully saturated rings. The number of aromatic nitrogens is 1. The van der Waals surface area contributed by atoms with Crippen molar-refractivity contribution in [2.75, 3.05) is 25.1 Å². The van der Waals surface area contributed by atoms with E-state index in [2.05, 4.69) is 10.2 Å². The van der Waals surface area contributed by atoms with Crippen LogP contribution in [0.1, 0.15) is 68.3 Å². The molecule has 32 heavy (non-hydrogen) atoms. The van der Waals surface area contributed by atoms with Crippen molar-refractivity contribution < 1.29 is 19.4 Å². The maximum absolute atomic E-state index is 13.1. The van der Waals surface area contributed by atoms with Crippen LogP contribution in [0.3, 0.4) is 0 Å². The molecule has 7 nitrogen and oxygen atoms in total. The van der Waals surface area contributed by atoms with Crippen LogP contribution < -0.4 is 10.2 Å². The average Bonchev–Trinajstić information content (AvgIpc) is 2.79. The second-order valence-electron chi connectivity index (χ2n) is 10.6. The van der Waals surface area contributed by atoms with Crippen LogP contribution in [0.2, 0.25) is 0 Å². The number of nitrogens with zero attached hydrogens (tertiary/aromatic N) is 2. The predicted molar refractivity (Wildman–Crippen MR) is 120 cm³/mol. The van der Waals surface area contributed by atoms with Crippen LogP contribution in [-0.4, -0.2) is 53.8 Å². The molecule has 0 spiro atoms. The standard InChI is InChI=1S/C25H35N3O4/c1-32-22(29)6-5-16-7-9-28(10-8-16)21-4-2-3-20(26-21)24(30)27-23-18-11-17-12-19(23)15-25(31,13-17)14-18/h2-4,16-19,23,31H,5-15H2,1H3,(H,27,30)/t17?,18?,19?,23-,25-. The number of pyridine rings is 1. The third-order valence-corrected chi connectivity index (χ3v) is 8.43. The molecule has 1 aromatic heterocycles. The van der Waals surface area contributed by atoms with Crippen molar-refractivity contribution in [3.63, 3.8) is 0 Å². The van der Waals surface area contributed by atoms with Crippen molar-refractivity contribution in [3.05, 3.63) is 23.9 Å². The molecule has 1 amide bonds. The minimum atomic E-state index is -0.487. The van der Waals surface area contributed by atoms with Crippen LogP contribution in [0.4, 0.5) is 5.82 Å². The lowest BCUT2D eigenvalue weighted by Crippen LogP contribution is -2.61. The van der Waals surface area contributed by atoms with Gasteiger partial charge in [-0.25, -0.2) is 4.98 Å². The SMILES string of the molecule is COC(=O)CCC1CCN(c2cccc(C(=O)N[C@H]3C4CC5CC3C[C@](O)(C5)C4)n2)CC1. The highest BCUT2D eigenvalue weighted by atomic mass is 16.5. The normalized spacial score (nSPS) is 33.9. The molecular formula is C25H35N3O4. The molecule has 0 radical (unpaired) electrons. The molecule has 7 heteroatoms. The summed E-state index contributed by atoms with van der Waals surface area (Å²) in [6, 6.07) is 5.85. The lowest BCUT2D eigenvalue weighted by molar-refractivity contribution is -0.141.